The van der Waals surface area contributed by atoms with Crippen LogP contribution in [-0.4, -0.2) is 59.9 Å². The first kappa shape index (κ1) is 18.1. The van der Waals surface area contributed by atoms with Crippen molar-refractivity contribution in [2.24, 2.45) is 4.99 Å². The van der Waals surface area contributed by atoms with Crippen LogP contribution < -0.4 is 5.32 Å². The van der Waals surface area contributed by atoms with Crippen LogP contribution in [-0.2, 0) is 20.8 Å². The molecule has 7 nitrogen and oxygen atoms in total. The van der Waals surface area contributed by atoms with Gasteiger partial charge in [0.15, 0.2) is 6.17 Å². The highest BCUT2D eigenvalue weighted by atomic mass is 32.2. The lowest BCUT2D eigenvalue weighted by Gasteiger charge is -2.38. The summed E-state index contributed by atoms with van der Waals surface area (Å²) in [5.74, 6) is 0. The Labute approximate surface area is 148 Å². The molecule has 2 N–H and O–H groups in total. The summed E-state index contributed by atoms with van der Waals surface area (Å²) in [6, 6.07) is 8.49. The van der Waals surface area contributed by atoms with Gasteiger partial charge in [-0.25, -0.2) is 14.2 Å². The van der Waals surface area contributed by atoms with Crippen LogP contribution in [0, 0.1) is 0 Å². The SMILES string of the molecule is CNC(=O)OC1=N[C@@H]2[C@@H](F)[C@H](OCc3ccccc3)[C@@H](CO)O[C@@H]2S1. The molecule has 0 saturated carbocycles. The number of thioether (sulfide) groups is 1. The van der Waals surface area contributed by atoms with E-state index in [0.29, 0.717) is 0 Å². The lowest BCUT2D eigenvalue weighted by atomic mass is 9.99. The quantitative estimate of drug-likeness (QED) is 0.834. The number of hydrogen-bond donors (Lipinski definition) is 2. The van der Waals surface area contributed by atoms with Crippen LogP contribution in [0.4, 0.5) is 9.18 Å². The summed E-state index contributed by atoms with van der Waals surface area (Å²) >= 11 is 1.02. The fourth-order valence-corrected chi connectivity index (χ4v) is 3.71. The third kappa shape index (κ3) is 4.12. The predicted octanol–water partition coefficient (Wildman–Crippen LogP) is 1.45. The van der Waals surface area contributed by atoms with Crippen molar-refractivity contribution in [3.8, 4) is 0 Å². The highest BCUT2D eigenvalue weighted by Crippen LogP contribution is 2.39. The standard InChI is InChI=1S/C16H19FN2O5S/c1-18-15(21)24-16-19-12-11(17)13(10(7-20)23-14(12)25-16)22-8-9-5-3-2-4-6-9/h2-6,10-14,20H,7-8H2,1H3,(H,18,21)/t10-,11-,12-,13-,14-/m1/s1. The van der Waals surface area contributed by atoms with Gasteiger partial charge in [0.2, 0.25) is 0 Å². The molecule has 0 aliphatic carbocycles. The molecular weight excluding hydrogens is 351 g/mol. The van der Waals surface area contributed by atoms with E-state index >= 15 is 0 Å². The minimum absolute atomic E-state index is 0.0393. The third-order valence-corrected chi connectivity index (χ3v) is 4.93. The smallest absolute Gasteiger partial charge is 0.394 e. The summed E-state index contributed by atoms with van der Waals surface area (Å²) in [5, 5.41) is 11.9. The summed E-state index contributed by atoms with van der Waals surface area (Å²) in [4.78, 5) is 15.4. The lowest BCUT2D eigenvalue weighted by molar-refractivity contribution is -0.171. The number of hydrogen-bond acceptors (Lipinski definition) is 7. The average molecular weight is 370 g/mol. The Morgan fingerprint density at radius 2 is 2.20 bits per heavy atom. The Bertz CT molecular complexity index is 632. The van der Waals surface area contributed by atoms with E-state index in [1.54, 1.807) is 0 Å². The Morgan fingerprint density at radius 3 is 2.88 bits per heavy atom. The number of rotatable bonds is 4. The molecule has 1 aromatic carbocycles. The van der Waals surface area contributed by atoms with Crippen LogP contribution in [0.25, 0.3) is 0 Å². The number of alkyl halides is 1. The molecule has 3 rings (SSSR count). The molecule has 25 heavy (non-hydrogen) atoms. The minimum Gasteiger partial charge on any atom is -0.394 e. The van der Waals surface area contributed by atoms with Crippen molar-refractivity contribution in [3.05, 3.63) is 35.9 Å². The molecule has 2 aliphatic heterocycles. The average Bonchev–Trinajstić information content (AvgIpc) is 3.04. The van der Waals surface area contributed by atoms with Gasteiger partial charge in [0.05, 0.1) is 13.2 Å². The van der Waals surface area contributed by atoms with Gasteiger partial charge in [-0.3, -0.25) is 0 Å². The Morgan fingerprint density at radius 1 is 1.44 bits per heavy atom. The van der Waals surface area contributed by atoms with Crippen molar-refractivity contribution in [2.75, 3.05) is 13.7 Å². The number of aliphatic hydroxyl groups excluding tert-OH is 1. The number of alkyl carbamates (subject to hydrolysis) is 1. The summed E-state index contributed by atoms with van der Waals surface area (Å²) in [6.45, 7) is -0.184. The van der Waals surface area contributed by atoms with Gasteiger partial charge in [0.25, 0.3) is 5.23 Å². The molecule has 136 valence electrons. The van der Waals surface area contributed by atoms with Crippen molar-refractivity contribution in [1.29, 1.82) is 0 Å². The number of fused-ring (bicyclic) bond motifs is 1. The van der Waals surface area contributed by atoms with Gasteiger partial charge in [0.1, 0.15) is 23.7 Å². The topological polar surface area (TPSA) is 89.4 Å². The zero-order valence-electron chi connectivity index (χ0n) is 13.5. The number of aliphatic imine (C=N–C) groups is 1. The number of nitrogens with one attached hydrogen (secondary N) is 1. The molecule has 1 aromatic rings. The molecule has 2 aliphatic rings. The summed E-state index contributed by atoms with van der Waals surface area (Å²) in [7, 11) is 1.42. The molecule has 0 unspecified atom stereocenters. The van der Waals surface area contributed by atoms with Crippen LogP contribution in [0.1, 0.15) is 5.56 Å². The van der Waals surface area contributed by atoms with E-state index in [9.17, 15) is 14.3 Å². The second-order valence-electron chi connectivity index (χ2n) is 5.57. The number of amides is 1. The minimum atomic E-state index is -1.49. The summed E-state index contributed by atoms with van der Waals surface area (Å²) in [5.41, 5.74) is 0.227. The van der Waals surface area contributed by atoms with Crippen LogP contribution in [0.2, 0.25) is 0 Å². The van der Waals surface area contributed by atoms with Crippen molar-refractivity contribution >= 4 is 23.1 Å². The van der Waals surface area contributed by atoms with Crippen molar-refractivity contribution in [2.45, 2.75) is 36.5 Å². The Kier molecular flexibility index (Phi) is 5.89. The largest absolute Gasteiger partial charge is 0.414 e. The van der Waals surface area contributed by atoms with Gasteiger partial charge in [-0.15, -0.1) is 0 Å². The second kappa shape index (κ2) is 8.13. The molecule has 2 heterocycles. The third-order valence-electron chi connectivity index (χ3n) is 3.92. The van der Waals surface area contributed by atoms with Gasteiger partial charge >= 0.3 is 6.09 Å². The van der Waals surface area contributed by atoms with E-state index in [-0.39, 0.29) is 18.4 Å². The molecular formula is C16H19FN2O5S. The highest BCUT2D eigenvalue weighted by molar-refractivity contribution is 8.14. The lowest BCUT2D eigenvalue weighted by Crippen LogP contribution is -2.55. The molecule has 1 fully saturated rings. The van der Waals surface area contributed by atoms with Crippen LogP contribution in [0.3, 0.4) is 0 Å². The fourth-order valence-electron chi connectivity index (χ4n) is 2.65. The van der Waals surface area contributed by atoms with E-state index in [1.165, 1.54) is 7.05 Å². The van der Waals surface area contributed by atoms with Crippen LogP contribution in [0.15, 0.2) is 35.3 Å². The monoisotopic (exact) mass is 370 g/mol. The molecule has 1 amide bonds. The second-order valence-corrected chi connectivity index (χ2v) is 6.62. The summed E-state index contributed by atoms with van der Waals surface area (Å²) in [6.07, 6.45) is -3.95. The molecule has 0 radical (unpaired) electrons. The van der Waals surface area contributed by atoms with Gasteiger partial charge in [0, 0.05) is 7.05 Å². The van der Waals surface area contributed by atoms with E-state index in [2.05, 4.69) is 10.3 Å². The first-order valence-electron chi connectivity index (χ1n) is 7.82. The number of ether oxygens (including phenoxy) is 3. The maximum Gasteiger partial charge on any atom is 0.414 e. The van der Waals surface area contributed by atoms with Gasteiger partial charge < -0.3 is 24.6 Å². The van der Waals surface area contributed by atoms with Crippen molar-refractivity contribution in [3.63, 3.8) is 0 Å². The van der Waals surface area contributed by atoms with Gasteiger partial charge in [-0.1, -0.05) is 30.3 Å². The Hall–Kier alpha value is -1.68. The van der Waals surface area contributed by atoms with Crippen molar-refractivity contribution in [1.82, 2.24) is 5.32 Å². The molecule has 1 saturated heterocycles. The number of nitrogens with zero attached hydrogens (tertiary/aromatic N) is 1. The number of carbonyl (C=O) groups is 1. The number of benzene rings is 1. The van der Waals surface area contributed by atoms with E-state index in [4.69, 9.17) is 14.2 Å². The van der Waals surface area contributed by atoms with E-state index in [0.717, 1.165) is 17.3 Å². The first-order valence-corrected chi connectivity index (χ1v) is 8.70. The van der Waals surface area contributed by atoms with Crippen molar-refractivity contribution < 1.29 is 28.5 Å². The first-order chi connectivity index (χ1) is 12.1. The number of carbonyl (C=O) groups excluding carboxylic acids is 1. The number of halogens is 1. The highest BCUT2D eigenvalue weighted by Gasteiger charge is 2.51. The van der Waals surface area contributed by atoms with Gasteiger partial charge in [-0.2, -0.15) is 0 Å². The molecule has 5 atom stereocenters. The fraction of sp³-hybridized carbons (Fsp3) is 0.500. The summed E-state index contributed by atoms with van der Waals surface area (Å²) < 4.78 is 31.3. The number of aliphatic hydroxyl groups is 1. The van der Waals surface area contributed by atoms with Crippen LogP contribution >= 0.6 is 11.8 Å². The maximum atomic E-state index is 14.9. The molecule has 9 heteroatoms. The predicted molar refractivity (Wildman–Crippen MR) is 90.0 cm³/mol. The molecule has 0 bridgehead atoms. The Balaban J connectivity index is 1.68. The zero-order valence-corrected chi connectivity index (χ0v) is 14.3. The van der Waals surface area contributed by atoms with Crippen LogP contribution in [0.5, 0.6) is 0 Å². The molecule has 0 spiro atoms. The maximum absolute atomic E-state index is 14.9. The molecule has 0 aromatic heterocycles. The van der Waals surface area contributed by atoms with Gasteiger partial charge in [-0.05, 0) is 17.3 Å². The normalized spacial score (nSPS) is 31.2. The zero-order chi connectivity index (χ0) is 17.8. The van der Waals surface area contributed by atoms with E-state index < -0.39 is 36.0 Å². The van der Waals surface area contributed by atoms with E-state index in [1.807, 2.05) is 30.3 Å².